The third-order valence-corrected chi connectivity index (χ3v) is 9.71. The molecule has 4 aromatic carbocycles. The number of amides is 3. The number of urea groups is 1. The van der Waals surface area contributed by atoms with Crippen LogP contribution >= 0.6 is 11.3 Å². The maximum absolute atomic E-state index is 13.7. The van der Waals surface area contributed by atoms with Gasteiger partial charge in [-0.25, -0.2) is 9.59 Å². The second-order valence-corrected chi connectivity index (χ2v) is 12.2. The molecular weight excluding hydrogens is 538 g/mol. The van der Waals surface area contributed by atoms with E-state index >= 15 is 0 Å². The minimum absolute atomic E-state index is 0.0479. The van der Waals surface area contributed by atoms with Gasteiger partial charge in [-0.1, -0.05) is 66.7 Å². The summed E-state index contributed by atoms with van der Waals surface area (Å²) >= 11 is 1.77. The standard InChI is InChI=1S/C36H31N3O2S/c1-24-8-7-19-39(24,35(40)20-25-9-3-2-4-10-25)36(41)37-29-16-13-26(14-17-29)33-22-28-21-27(15-18-32(28)38-33)31-23-42-34-12-6-5-11-30(31)34/h2-6,9-18,21-24,38H,7-8,19-20H2,1H3/p+1/t24-,39?/m1/s1. The summed E-state index contributed by atoms with van der Waals surface area (Å²) in [5, 5.41) is 7.74. The predicted octanol–water partition coefficient (Wildman–Crippen LogP) is 9.02. The zero-order valence-electron chi connectivity index (χ0n) is 23.5. The number of anilines is 1. The molecule has 1 aliphatic rings. The van der Waals surface area contributed by atoms with Crippen molar-refractivity contribution in [2.24, 2.45) is 0 Å². The summed E-state index contributed by atoms with van der Waals surface area (Å²) in [4.78, 5) is 30.8. The van der Waals surface area contributed by atoms with Gasteiger partial charge >= 0.3 is 11.9 Å². The van der Waals surface area contributed by atoms with E-state index in [1.54, 1.807) is 11.3 Å². The molecule has 1 fully saturated rings. The van der Waals surface area contributed by atoms with Gasteiger partial charge in [0.2, 0.25) is 0 Å². The van der Waals surface area contributed by atoms with Crippen LogP contribution in [0.5, 0.6) is 0 Å². The van der Waals surface area contributed by atoms with E-state index < -0.39 is 0 Å². The van der Waals surface area contributed by atoms with Gasteiger partial charge in [-0.05, 0) is 65.4 Å². The van der Waals surface area contributed by atoms with Crippen molar-refractivity contribution in [2.75, 3.05) is 11.9 Å². The normalized spacial score (nSPS) is 18.5. The molecule has 2 aromatic heterocycles. The van der Waals surface area contributed by atoms with Gasteiger partial charge in [0, 0.05) is 50.8 Å². The highest BCUT2D eigenvalue weighted by molar-refractivity contribution is 7.17. The molecule has 6 heteroatoms. The van der Waals surface area contributed by atoms with Gasteiger partial charge in [-0.2, -0.15) is 4.48 Å². The molecule has 7 rings (SSSR count). The highest BCUT2D eigenvalue weighted by Crippen LogP contribution is 2.36. The number of aromatic nitrogens is 1. The van der Waals surface area contributed by atoms with Crippen molar-refractivity contribution >= 4 is 50.0 Å². The summed E-state index contributed by atoms with van der Waals surface area (Å²) in [7, 11) is 0. The molecule has 0 radical (unpaired) electrons. The van der Waals surface area contributed by atoms with Gasteiger partial charge in [0.05, 0.1) is 13.0 Å². The van der Waals surface area contributed by atoms with E-state index in [1.165, 1.54) is 21.2 Å². The number of aromatic amines is 1. The van der Waals surface area contributed by atoms with Crippen molar-refractivity contribution < 1.29 is 14.1 Å². The fraction of sp³-hybridized carbons (Fsp3) is 0.167. The van der Waals surface area contributed by atoms with Gasteiger partial charge in [0.1, 0.15) is 6.04 Å². The maximum atomic E-state index is 13.7. The average molecular weight is 571 g/mol. The Morgan fingerprint density at radius 1 is 0.905 bits per heavy atom. The number of carbonyl (C=O) groups is 2. The molecule has 2 atom stereocenters. The first-order valence-electron chi connectivity index (χ1n) is 14.5. The number of benzene rings is 4. The zero-order valence-corrected chi connectivity index (χ0v) is 24.3. The van der Waals surface area contributed by atoms with Gasteiger partial charge in [-0.15, -0.1) is 11.3 Å². The number of carbonyl (C=O) groups excluding carboxylic acids is 2. The van der Waals surface area contributed by atoms with E-state index in [1.807, 2.05) is 61.5 Å². The van der Waals surface area contributed by atoms with E-state index in [9.17, 15) is 9.59 Å². The molecule has 0 aliphatic carbocycles. The molecule has 0 bridgehead atoms. The van der Waals surface area contributed by atoms with Crippen molar-refractivity contribution in [1.82, 2.24) is 4.98 Å². The third-order valence-electron chi connectivity index (χ3n) is 8.75. The summed E-state index contributed by atoms with van der Waals surface area (Å²) in [5.41, 5.74) is 7.22. The predicted molar refractivity (Wildman–Crippen MR) is 173 cm³/mol. The Balaban J connectivity index is 1.11. The first-order chi connectivity index (χ1) is 20.5. The Morgan fingerprint density at radius 3 is 2.45 bits per heavy atom. The molecule has 0 saturated carbocycles. The molecule has 1 saturated heterocycles. The van der Waals surface area contributed by atoms with Gasteiger partial charge < -0.3 is 4.98 Å². The van der Waals surface area contributed by atoms with E-state index in [-0.39, 0.29) is 28.9 Å². The number of quaternary nitrogens is 1. The Labute approximate surface area is 249 Å². The summed E-state index contributed by atoms with van der Waals surface area (Å²) in [6.45, 7) is 2.55. The second-order valence-electron chi connectivity index (χ2n) is 11.3. The number of thiophene rings is 1. The zero-order chi connectivity index (χ0) is 28.7. The molecule has 1 unspecified atom stereocenters. The highest BCUT2D eigenvalue weighted by atomic mass is 32.1. The van der Waals surface area contributed by atoms with Crippen LogP contribution in [0.1, 0.15) is 25.3 Å². The Kier molecular flexibility index (Phi) is 6.73. The number of H-pyrrole nitrogens is 1. The number of fused-ring (bicyclic) bond motifs is 2. The van der Waals surface area contributed by atoms with Crippen LogP contribution in [0, 0.1) is 0 Å². The quantitative estimate of drug-likeness (QED) is 0.203. The highest BCUT2D eigenvalue weighted by Gasteiger charge is 2.52. The average Bonchev–Trinajstić information content (AvgIpc) is 3.74. The van der Waals surface area contributed by atoms with E-state index in [0.29, 0.717) is 12.2 Å². The van der Waals surface area contributed by atoms with Crippen LogP contribution < -0.4 is 5.32 Å². The molecule has 1 aliphatic heterocycles. The summed E-state index contributed by atoms with van der Waals surface area (Å²) in [6, 6.07) is 34.5. The number of rotatable bonds is 5. The van der Waals surface area contributed by atoms with E-state index in [0.717, 1.165) is 40.6 Å². The number of hydrogen-bond acceptors (Lipinski definition) is 3. The molecule has 208 valence electrons. The van der Waals surface area contributed by atoms with Crippen molar-refractivity contribution in [3.8, 4) is 22.4 Å². The van der Waals surface area contributed by atoms with Crippen LogP contribution in [0.2, 0.25) is 0 Å². The Morgan fingerprint density at radius 2 is 1.67 bits per heavy atom. The van der Waals surface area contributed by atoms with Crippen molar-refractivity contribution in [3.05, 3.63) is 114 Å². The number of nitrogens with zero attached hydrogens (tertiary/aromatic N) is 1. The SMILES string of the molecule is C[C@@H]1CCC[N+]1(C(=O)Cc1ccccc1)C(=O)Nc1ccc(-c2cc3cc(-c4csc5ccccc45)ccc3[nH]2)cc1. The minimum atomic E-state index is -0.243. The third kappa shape index (κ3) is 4.63. The van der Waals surface area contributed by atoms with Crippen LogP contribution in [0.4, 0.5) is 10.5 Å². The van der Waals surface area contributed by atoms with E-state index in [2.05, 4.69) is 64.2 Å². The van der Waals surface area contributed by atoms with E-state index in [4.69, 9.17) is 0 Å². The first kappa shape index (κ1) is 26.4. The van der Waals surface area contributed by atoms with Crippen molar-refractivity contribution in [3.63, 3.8) is 0 Å². The van der Waals surface area contributed by atoms with Crippen LogP contribution in [0.3, 0.4) is 0 Å². The number of hydrogen-bond donors (Lipinski definition) is 2. The lowest BCUT2D eigenvalue weighted by atomic mass is 10.0. The molecule has 5 nitrogen and oxygen atoms in total. The van der Waals surface area contributed by atoms with Gasteiger partial charge in [-0.3, -0.25) is 5.32 Å². The number of nitrogens with one attached hydrogen (secondary N) is 2. The summed E-state index contributed by atoms with van der Waals surface area (Å²) < 4.78 is 1.14. The fourth-order valence-electron chi connectivity index (χ4n) is 6.39. The summed E-state index contributed by atoms with van der Waals surface area (Å²) in [6.07, 6.45) is 1.97. The van der Waals surface area contributed by atoms with Crippen LogP contribution in [0.15, 0.2) is 109 Å². The summed E-state index contributed by atoms with van der Waals surface area (Å²) in [5.74, 6) is -0.0479. The molecule has 2 N–H and O–H groups in total. The lowest BCUT2D eigenvalue weighted by Crippen LogP contribution is -2.61. The fourth-order valence-corrected chi connectivity index (χ4v) is 7.36. The lowest BCUT2D eigenvalue weighted by Gasteiger charge is -2.33. The number of likely N-dealkylation sites (tertiary alicyclic amines) is 1. The molecule has 0 spiro atoms. The van der Waals surface area contributed by atoms with Crippen LogP contribution in [-0.4, -0.2) is 34.0 Å². The Bertz CT molecular complexity index is 1920. The topological polar surface area (TPSA) is 62.0 Å². The molecule has 42 heavy (non-hydrogen) atoms. The lowest BCUT2D eigenvalue weighted by molar-refractivity contribution is -0.782. The van der Waals surface area contributed by atoms with Crippen LogP contribution in [-0.2, 0) is 11.2 Å². The second kappa shape index (κ2) is 10.7. The molecule has 6 aromatic rings. The largest absolute Gasteiger partial charge is 0.428 e. The molecule has 3 amide bonds. The van der Waals surface area contributed by atoms with Crippen molar-refractivity contribution in [2.45, 2.75) is 32.2 Å². The Hall–Kier alpha value is -4.52. The van der Waals surface area contributed by atoms with Crippen molar-refractivity contribution in [1.29, 1.82) is 0 Å². The number of imide groups is 1. The van der Waals surface area contributed by atoms with Gasteiger partial charge in [0.25, 0.3) is 0 Å². The first-order valence-corrected chi connectivity index (χ1v) is 15.4. The smallest absolute Gasteiger partial charge is 0.355 e. The molecule has 3 heterocycles. The molecular formula is C36H32N3O2S+. The van der Waals surface area contributed by atoms with Crippen LogP contribution in [0.25, 0.3) is 43.4 Å². The maximum Gasteiger partial charge on any atom is 0.428 e. The monoisotopic (exact) mass is 570 g/mol. The van der Waals surface area contributed by atoms with Gasteiger partial charge in [0.15, 0.2) is 0 Å². The minimum Gasteiger partial charge on any atom is -0.355 e.